The van der Waals surface area contributed by atoms with Gasteiger partial charge in [0.2, 0.25) is 0 Å². The maximum atomic E-state index is 13.1. The molecule has 0 radical (unpaired) electrons. The Morgan fingerprint density at radius 3 is 2.44 bits per heavy atom. The molecule has 3 N–H and O–H groups in total. The third-order valence-corrected chi connectivity index (χ3v) is 5.99. The van der Waals surface area contributed by atoms with Crippen LogP contribution in [0.25, 0.3) is 0 Å². The van der Waals surface area contributed by atoms with Crippen molar-refractivity contribution in [3.8, 4) is 5.75 Å². The number of hydrogen-bond donors (Lipinski definition) is 3. The molecule has 0 aromatic heterocycles. The molecule has 1 heterocycles. The highest BCUT2D eigenvalue weighted by atomic mass is 16.5. The Bertz CT molecular complexity index is 955. The molecule has 8 nitrogen and oxygen atoms in total. The first-order valence-corrected chi connectivity index (χ1v) is 12.2. The van der Waals surface area contributed by atoms with Crippen LogP contribution in [0.5, 0.6) is 5.75 Å². The second-order valence-corrected chi connectivity index (χ2v) is 8.22. The molecule has 0 saturated carbocycles. The van der Waals surface area contributed by atoms with Gasteiger partial charge in [0.15, 0.2) is 0 Å². The first-order chi connectivity index (χ1) is 16.5. The van der Waals surface area contributed by atoms with E-state index >= 15 is 0 Å². The third-order valence-electron chi connectivity index (χ3n) is 5.99. The van der Waals surface area contributed by atoms with Crippen LogP contribution >= 0.6 is 0 Å². The average molecular weight is 468 g/mol. The van der Waals surface area contributed by atoms with Gasteiger partial charge < -0.3 is 30.5 Å². The molecule has 0 spiro atoms. The van der Waals surface area contributed by atoms with Gasteiger partial charge in [0.05, 0.1) is 17.9 Å². The average Bonchev–Trinajstić information content (AvgIpc) is 3.38. The number of nitrogens with zero attached hydrogens (tertiary/aromatic N) is 2. The van der Waals surface area contributed by atoms with E-state index in [1.807, 2.05) is 37.3 Å². The Balaban J connectivity index is 1.73. The standard InChI is InChI=1S/C26H37N5O3/c1-4-30(5-2)18-15-27-25(32)21-19-20(13-14-23(21)31-16-9-10-17-31)28-26(33)29-22-11-7-8-12-24(22)34-6-3/h7-8,11-14,19H,4-6,9-10,15-18H2,1-3H3,(H,27,32)(H2,28,29,33). The molecule has 1 fully saturated rings. The quantitative estimate of drug-likeness (QED) is 0.456. The van der Waals surface area contributed by atoms with Gasteiger partial charge in [-0.15, -0.1) is 0 Å². The van der Waals surface area contributed by atoms with E-state index < -0.39 is 6.03 Å². The number of carbonyl (C=O) groups excluding carboxylic acids is 2. The highest BCUT2D eigenvalue weighted by Crippen LogP contribution is 2.28. The van der Waals surface area contributed by atoms with Crippen molar-refractivity contribution in [3.63, 3.8) is 0 Å². The molecule has 1 saturated heterocycles. The van der Waals surface area contributed by atoms with E-state index in [9.17, 15) is 9.59 Å². The van der Waals surface area contributed by atoms with Crippen LogP contribution in [0.1, 0.15) is 44.0 Å². The zero-order valence-corrected chi connectivity index (χ0v) is 20.5. The molecule has 34 heavy (non-hydrogen) atoms. The highest BCUT2D eigenvalue weighted by molar-refractivity contribution is 6.04. The zero-order chi connectivity index (χ0) is 24.3. The van der Waals surface area contributed by atoms with Crippen molar-refractivity contribution in [1.29, 1.82) is 0 Å². The largest absolute Gasteiger partial charge is 0.492 e. The van der Waals surface area contributed by atoms with Crippen LogP contribution in [0, 0.1) is 0 Å². The van der Waals surface area contributed by atoms with Crippen molar-refractivity contribution in [2.24, 2.45) is 0 Å². The van der Waals surface area contributed by atoms with Crippen LogP contribution in [0.15, 0.2) is 42.5 Å². The van der Waals surface area contributed by atoms with Crippen molar-refractivity contribution >= 4 is 29.0 Å². The van der Waals surface area contributed by atoms with Crippen LogP contribution in [0.4, 0.5) is 21.9 Å². The van der Waals surface area contributed by atoms with Crippen molar-refractivity contribution in [1.82, 2.24) is 10.2 Å². The summed E-state index contributed by atoms with van der Waals surface area (Å²) in [7, 11) is 0. The first kappa shape index (κ1) is 25.4. The molecular weight excluding hydrogens is 430 g/mol. The van der Waals surface area contributed by atoms with Gasteiger partial charge >= 0.3 is 6.03 Å². The lowest BCUT2D eigenvalue weighted by Crippen LogP contribution is -2.35. The minimum atomic E-state index is -0.394. The van der Waals surface area contributed by atoms with Crippen LogP contribution in [0.2, 0.25) is 0 Å². The van der Waals surface area contributed by atoms with E-state index in [2.05, 4.69) is 39.6 Å². The lowest BCUT2D eigenvalue weighted by Gasteiger charge is -2.23. The summed E-state index contributed by atoms with van der Waals surface area (Å²) in [6, 6.07) is 12.4. The smallest absolute Gasteiger partial charge is 0.323 e. The summed E-state index contributed by atoms with van der Waals surface area (Å²) in [6.45, 7) is 11.8. The second kappa shape index (κ2) is 12.8. The minimum Gasteiger partial charge on any atom is -0.492 e. The Morgan fingerprint density at radius 1 is 1.00 bits per heavy atom. The summed E-state index contributed by atoms with van der Waals surface area (Å²) in [6.07, 6.45) is 2.23. The predicted molar refractivity (Wildman–Crippen MR) is 138 cm³/mol. The molecule has 8 heteroatoms. The van der Waals surface area contributed by atoms with E-state index in [-0.39, 0.29) is 5.91 Å². The second-order valence-electron chi connectivity index (χ2n) is 8.22. The van der Waals surface area contributed by atoms with E-state index in [1.54, 1.807) is 12.1 Å². The molecule has 0 bridgehead atoms. The number of para-hydroxylation sites is 2. The highest BCUT2D eigenvalue weighted by Gasteiger charge is 2.20. The number of urea groups is 1. The van der Waals surface area contributed by atoms with Gasteiger partial charge in [-0.1, -0.05) is 26.0 Å². The number of anilines is 3. The topological polar surface area (TPSA) is 85.9 Å². The van der Waals surface area contributed by atoms with Crippen LogP contribution in [-0.2, 0) is 0 Å². The van der Waals surface area contributed by atoms with Gasteiger partial charge in [0, 0.05) is 37.6 Å². The maximum absolute atomic E-state index is 13.1. The summed E-state index contributed by atoms with van der Waals surface area (Å²) in [5.74, 6) is 0.484. The third kappa shape index (κ3) is 6.87. The van der Waals surface area contributed by atoms with Gasteiger partial charge in [0.25, 0.3) is 5.91 Å². The summed E-state index contributed by atoms with van der Waals surface area (Å²) in [4.78, 5) is 30.3. The number of hydrogen-bond acceptors (Lipinski definition) is 5. The molecule has 3 amide bonds. The van der Waals surface area contributed by atoms with E-state index in [4.69, 9.17) is 4.74 Å². The van der Waals surface area contributed by atoms with Crippen molar-refractivity contribution < 1.29 is 14.3 Å². The molecule has 184 valence electrons. The molecule has 2 aromatic carbocycles. The molecule has 1 aliphatic rings. The Hall–Kier alpha value is -3.26. The molecule has 1 aliphatic heterocycles. The number of benzene rings is 2. The number of nitrogens with one attached hydrogen (secondary N) is 3. The molecule has 0 atom stereocenters. The molecule has 2 aromatic rings. The Labute approximate surface area is 202 Å². The summed E-state index contributed by atoms with van der Waals surface area (Å²) in [5, 5.41) is 8.74. The lowest BCUT2D eigenvalue weighted by molar-refractivity contribution is 0.0949. The number of carbonyl (C=O) groups is 2. The van der Waals surface area contributed by atoms with Gasteiger partial charge in [-0.2, -0.15) is 0 Å². The van der Waals surface area contributed by atoms with E-state index in [1.165, 1.54) is 0 Å². The van der Waals surface area contributed by atoms with Crippen LogP contribution in [-0.4, -0.2) is 62.7 Å². The van der Waals surface area contributed by atoms with Gasteiger partial charge in [-0.3, -0.25) is 4.79 Å². The molecule has 3 rings (SSSR count). The fourth-order valence-corrected chi connectivity index (χ4v) is 4.13. The summed E-state index contributed by atoms with van der Waals surface area (Å²) < 4.78 is 5.58. The first-order valence-electron chi connectivity index (χ1n) is 12.2. The fraction of sp³-hybridized carbons (Fsp3) is 0.462. The Morgan fingerprint density at radius 2 is 1.74 bits per heavy atom. The van der Waals surface area contributed by atoms with Crippen LogP contribution in [0.3, 0.4) is 0 Å². The molecular formula is C26H37N5O3. The SMILES string of the molecule is CCOc1ccccc1NC(=O)Nc1ccc(N2CCCC2)c(C(=O)NCCN(CC)CC)c1. The zero-order valence-electron chi connectivity index (χ0n) is 20.5. The predicted octanol–water partition coefficient (Wildman–Crippen LogP) is 4.40. The minimum absolute atomic E-state index is 0.125. The van der Waals surface area contributed by atoms with E-state index in [0.717, 1.165) is 51.3 Å². The van der Waals surface area contributed by atoms with E-state index in [0.29, 0.717) is 35.8 Å². The van der Waals surface area contributed by atoms with Gasteiger partial charge in [-0.25, -0.2) is 4.79 Å². The number of likely N-dealkylation sites (N-methyl/N-ethyl adjacent to an activating group) is 1. The molecule has 0 unspecified atom stereocenters. The number of ether oxygens (including phenoxy) is 1. The van der Waals surface area contributed by atoms with Gasteiger partial charge in [-0.05, 0) is 63.2 Å². The number of rotatable bonds is 11. The van der Waals surface area contributed by atoms with Crippen molar-refractivity contribution in [3.05, 3.63) is 48.0 Å². The summed E-state index contributed by atoms with van der Waals surface area (Å²) >= 11 is 0. The van der Waals surface area contributed by atoms with Crippen LogP contribution < -0.4 is 25.6 Å². The lowest BCUT2D eigenvalue weighted by atomic mass is 10.1. The van der Waals surface area contributed by atoms with Crippen molar-refractivity contribution in [2.75, 3.05) is 61.4 Å². The fourth-order valence-electron chi connectivity index (χ4n) is 4.13. The number of amides is 3. The molecule has 0 aliphatic carbocycles. The van der Waals surface area contributed by atoms with Gasteiger partial charge in [0.1, 0.15) is 5.75 Å². The normalized spacial score (nSPS) is 13.1. The maximum Gasteiger partial charge on any atom is 0.323 e. The Kier molecular flexibility index (Phi) is 9.58. The monoisotopic (exact) mass is 467 g/mol. The van der Waals surface area contributed by atoms with Crippen molar-refractivity contribution in [2.45, 2.75) is 33.6 Å². The summed E-state index contributed by atoms with van der Waals surface area (Å²) in [5.41, 5.74) is 2.63.